The minimum atomic E-state index is 0.278. The van der Waals surface area contributed by atoms with Gasteiger partial charge < -0.3 is 14.8 Å². The van der Waals surface area contributed by atoms with Gasteiger partial charge in [0.2, 0.25) is 0 Å². The highest BCUT2D eigenvalue weighted by Gasteiger charge is 2.42. The summed E-state index contributed by atoms with van der Waals surface area (Å²) in [4.78, 5) is 0. The van der Waals surface area contributed by atoms with Gasteiger partial charge in [-0.2, -0.15) is 0 Å². The first-order valence-corrected chi connectivity index (χ1v) is 8.03. The molecule has 0 saturated carbocycles. The van der Waals surface area contributed by atoms with Crippen LogP contribution in [-0.4, -0.2) is 25.9 Å². The van der Waals surface area contributed by atoms with Gasteiger partial charge in [-0.3, -0.25) is 0 Å². The maximum atomic E-state index is 6.05. The van der Waals surface area contributed by atoms with Crippen molar-refractivity contribution in [2.24, 2.45) is 11.8 Å². The van der Waals surface area contributed by atoms with Gasteiger partial charge in [0.05, 0.1) is 19.3 Å². The Balaban J connectivity index is 2.35. The lowest BCUT2D eigenvalue weighted by Gasteiger charge is -2.31. The van der Waals surface area contributed by atoms with Crippen LogP contribution in [-0.2, 0) is 4.74 Å². The molecule has 1 aliphatic rings. The predicted octanol–water partition coefficient (Wildman–Crippen LogP) is 3.71. The lowest BCUT2D eigenvalue weighted by Crippen LogP contribution is -2.35. The van der Waals surface area contributed by atoms with Crippen molar-refractivity contribution >= 4 is 0 Å². The van der Waals surface area contributed by atoms with Crippen LogP contribution in [0, 0.1) is 18.8 Å². The number of ether oxygens (including phenoxy) is 2. The maximum Gasteiger partial charge on any atom is 0.119 e. The summed E-state index contributed by atoms with van der Waals surface area (Å²) >= 11 is 0. The molecule has 3 heteroatoms. The molecule has 1 aromatic carbocycles. The number of methoxy groups -OCH3 is 1. The van der Waals surface area contributed by atoms with Crippen molar-refractivity contribution in [3.63, 3.8) is 0 Å². The van der Waals surface area contributed by atoms with Crippen LogP contribution in [0.3, 0.4) is 0 Å². The van der Waals surface area contributed by atoms with Crippen LogP contribution >= 0.6 is 0 Å². The summed E-state index contributed by atoms with van der Waals surface area (Å²) in [5, 5.41) is 3.68. The number of hydrogen-bond acceptors (Lipinski definition) is 3. The first kappa shape index (κ1) is 16.3. The Kier molecular flexibility index (Phi) is 5.28. The Labute approximate surface area is 129 Å². The summed E-state index contributed by atoms with van der Waals surface area (Å²) in [6.45, 7) is 12.0. The van der Waals surface area contributed by atoms with E-state index in [-0.39, 0.29) is 6.10 Å². The van der Waals surface area contributed by atoms with Gasteiger partial charge in [-0.25, -0.2) is 0 Å². The number of rotatable bonds is 5. The summed E-state index contributed by atoms with van der Waals surface area (Å²) in [5.74, 6) is 1.96. The van der Waals surface area contributed by atoms with Crippen molar-refractivity contribution in [3.8, 4) is 5.75 Å². The zero-order valence-corrected chi connectivity index (χ0v) is 14.1. The van der Waals surface area contributed by atoms with Crippen molar-refractivity contribution < 1.29 is 9.47 Å². The Morgan fingerprint density at radius 2 is 1.95 bits per heavy atom. The van der Waals surface area contributed by atoms with Crippen molar-refractivity contribution in [1.29, 1.82) is 0 Å². The molecule has 0 spiro atoms. The first-order valence-electron chi connectivity index (χ1n) is 8.03. The standard InChI is InChI=1S/C18H29NO2/c1-7-19-18(17-12(3)13(4)21-14(17)5)16-9-8-15(20-6)10-11(16)2/h8-10,12-14,17-19H,7H2,1-6H3. The van der Waals surface area contributed by atoms with Gasteiger partial charge in [-0.15, -0.1) is 0 Å². The third-order valence-electron chi connectivity index (χ3n) is 4.94. The maximum absolute atomic E-state index is 6.05. The van der Waals surface area contributed by atoms with Crippen LogP contribution in [0.15, 0.2) is 18.2 Å². The van der Waals surface area contributed by atoms with E-state index >= 15 is 0 Å². The van der Waals surface area contributed by atoms with Crippen LogP contribution < -0.4 is 10.1 Å². The quantitative estimate of drug-likeness (QED) is 0.897. The summed E-state index contributed by atoms with van der Waals surface area (Å²) < 4.78 is 11.4. The van der Waals surface area contributed by atoms with Gasteiger partial charge in [-0.1, -0.05) is 19.9 Å². The summed E-state index contributed by atoms with van der Waals surface area (Å²) in [7, 11) is 1.72. The third kappa shape index (κ3) is 3.24. The normalized spacial score (nSPS) is 30.4. The molecule has 0 bridgehead atoms. The number of aryl methyl sites for hydroxylation is 1. The van der Waals surface area contributed by atoms with E-state index in [1.165, 1.54) is 11.1 Å². The second-order valence-corrected chi connectivity index (χ2v) is 6.24. The summed E-state index contributed by atoms with van der Waals surface area (Å²) in [6, 6.07) is 6.70. The Morgan fingerprint density at radius 1 is 1.24 bits per heavy atom. The lowest BCUT2D eigenvalue weighted by atomic mass is 9.79. The molecule has 1 saturated heterocycles. The first-order chi connectivity index (χ1) is 9.99. The van der Waals surface area contributed by atoms with Crippen molar-refractivity contribution in [1.82, 2.24) is 5.32 Å². The fraction of sp³-hybridized carbons (Fsp3) is 0.667. The van der Waals surface area contributed by atoms with Crippen molar-refractivity contribution in [2.75, 3.05) is 13.7 Å². The lowest BCUT2D eigenvalue weighted by molar-refractivity contribution is 0.0475. The molecular weight excluding hydrogens is 262 g/mol. The molecule has 21 heavy (non-hydrogen) atoms. The molecule has 5 unspecified atom stereocenters. The average molecular weight is 291 g/mol. The fourth-order valence-electron chi connectivity index (χ4n) is 3.67. The molecule has 1 heterocycles. The van der Waals surface area contributed by atoms with Crippen LogP contribution in [0.25, 0.3) is 0 Å². The van der Waals surface area contributed by atoms with Crippen molar-refractivity contribution in [3.05, 3.63) is 29.3 Å². The molecule has 1 fully saturated rings. The predicted molar refractivity (Wildman–Crippen MR) is 86.8 cm³/mol. The van der Waals surface area contributed by atoms with Crippen LogP contribution in [0.2, 0.25) is 0 Å². The van der Waals surface area contributed by atoms with Gasteiger partial charge >= 0.3 is 0 Å². The highest BCUT2D eigenvalue weighted by molar-refractivity contribution is 5.37. The van der Waals surface area contributed by atoms with Crippen LogP contribution in [0.5, 0.6) is 5.75 Å². The molecule has 2 rings (SSSR count). The molecule has 1 aliphatic heterocycles. The topological polar surface area (TPSA) is 30.5 Å². The van der Waals surface area contributed by atoms with E-state index in [4.69, 9.17) is 9.47 Å². The Morgan fingerprint density at radius 3 is 2.43 bits per heavy atom. The fourth-order valence-corrected chi connectivity index (χ4v) is 3.67. The molecule has 3 nitrogen and oxygen atoms in total. The summed E-state index contributed by atoms with van der Waals surface area (Å²) in [5.41, 5.74) is 2.64. The SMILES string of the molecule is CCNC(c1ccc(OC)cc1C)C1C(C)OC(C)C1C. The number of nitrogens with one attached hydrogen (secondary N) is 1. The molecular formula is C18H29NO2. The molecule has 0 aromatic heterocycles. The molecule has 118 valence electrons. The molecule has 0 amide bonds. The zero-order chi connectivity index (χ0) is 15.6. The Bertz CT molecular complexity index is 474. The van der Waals surface area contributed by atoms with Crippen molar-refractivity contribution in [2.45, 2.75) is 52.9 Å². The van der Waals surface area contributed by atoms with Gasteiger partial charge in [0, 0.05) is 12.0 Å². The van der Waals surface area contributed by atoms with E-state index < -0.39 is 0 Å². The average Bonchev–Trinajstić information content (AvgIpc) is 2.70. The second kappa shape index (κ2) is 6.80. The van der Waals surface area contributed by atoms with Gasteiger partial charge in [0.15, 0.2) is 0 Å². The summed E-state index contributed by atoms with van der Waals surface area (Å²) in [6.07, 6.45) is 0.602. The van der Waals surface area contributed by atoms with Crippen LogP contribution in [0.1, 0.15) is 44.9 Å². The van der Waals surface area contributed by atoms with Gasteiger partial charge in [-0.05, 0) is 56.5 Å². The van der Waals surface area contributed by atoms with E-state index in [2.05, 4.69) is 58.1 Å². The molecule has 1 aromatic rings. The third-order valence-corrected chi connectivity index (χ3v) is 4.94. The van der Waals surface area contributed by atoms with E-state index in [0.29, 0.717) is 24.0 Å². The second-order valence-electron chi connectivity index (χ2n) is 6.24. The highest BCUT2D eigenvalue weighted by atomic mass is 16.5. The van der Waals surface area contributed by atoms with Crippen LogP contribution in [0.4, 0.5) is 0 Å². The monoisotopic (exact) mass is 291 g/mol. The molecule has 0 radical (unpaired) electrons. The van der Waals surface area contributed by atoms with E-state index in [9.17, 15) is 0 Å². The van der Waals surface area contributed by atoms with Gasteiger partial charge in [0.1, 0.15) is 5.75 Å². The van der Waals surface area contributed by atoms with E-state index in [0.717, 1.165) is 12.3 Å². The highest BCUT2D eigenvalue weighted by Crippen LogP contribution is 2.41. The molecule has 1 N–H and O–H groups in total. The largest absolute Gasteiger partial charge is 0.497 e. The number of hydrogen-bond donors (Lipinski definition) is 1. The van der Waals surface area contributed by atoms with Gasteiger partial charge in [0.25, 0.3) is 0 Å². The zero-order valence-electron chi connectivity index (χ0n) is 14.1. The van der Waals surface area contributed by atoms with E-state index in [1.54, 1.807) is 7.11 Å². The molecule has 5 atom stereocenters. The number of benzene rings is 1. The molecule has 0 aliphatic carbocycles. The Hall–Kier alpha value is -1.06. The minimum absolute atomic E-state index is 0.278. The minimum Gasteiger partial charge on any atom is -0.497 e. The van der Waals surface area contributed by atoms with E-state index in [1.807, 2.05) is 0 Å². The smallest absolute Gasteiger partial charge is 0.119 e.